The van der Waals surface area contributed by atoms with Crippen LogP contribution in [0, 0.1) is 13.8 Å². The average Bonchev–Trinajstić information content (AvgIpc) is 2.57. The van der Waals surface area contributed by atoms with Crippen LogP contribution in [0.25, 0.3) is 0 Å². The van der Waals surface area contributed by atoms with Crippen molar-refractivity contribution in [2.45, 2.75) is 18.7 Å². The molecule has 4 N–H and O–H groups in total. The molecule has 0 aliphatic rings. The summed E-state index contributed by atoms with van der Waals surface area (Å²) < 4.78 is 35.7. The third-order valence-electron chi connectivity index (χ3n) is 3.38. The number of benzene rings is 2. The Morgan fingerprint density at radius 3 is 2.46 bits per heavy atom. The van der Waals surface area contributed by atoms with Crippen LogP contribution in [0.1, 0.15) is 16.7 Å². The Bertz CT molecular complexity index is 965. The van der Waals surface area contributed by atoms with Crippen molar-refractivity contribution < 1.29 is 17.3 Å². The lowest BCUT2D eigenvalue weighted by Gasteiger charge is -2.13. The second-order valence-corrected chi connectivity index (χ2v) is 7.00. The lowest BCUT2D eigenvalue weighted by molar-refractivity contribution is 0.390. The molecule has 0 aliphatic heterocycles. The molecule has 0 spiro atoms. The fourth-order valence-electron chi connectivity index (χ4n) is 2.14. The summed E-state index contributed by atoms with van der Waals surface area (Å²) in [5, 5.41) is 7.18. The third-order valence-corrected chi connectivity index (χ3v) is 4.76. The summed E-state index contributed by atoms with van der Waals surface area (Å²) in [5.74, 6) is 0.118. The van der Waals surface area contributed by atoms with Gasteiger partial charge in [0.2, 0.25) is 5.96 Å². The van der Waals surface area contributed by atoms with E-state index in [0.717, 1.165) is 5.56 Å². The average molecular weight is 376 g/mol. The highest BCUT2D eigenvalue weighted by Crippen LogP contribution is 2.31. The van der Waals surface area contributed by atoms with Gasteiger partial charge in [0, 0.05) is 0 Å². The quantitative estimate of drug-likeness (QED) is 0.341. The lowest BCUT2D eigenvalue weighted by atomic mass is 10.2. The molecule has 0 saturated heterocycles. The number of ether oxygens (including phenoxy) is 1. The predicted octanol–water partition coefficient (Wildman–Crippen LogP) is 1.69. The van der Waals surface area contributed by atoms with E-state index in [2.05, 4.69) is 10.2 Å². The Morgan fingerprint density at radius 1 is 1.08 bits per heavy atom. The van der Waals surface area contributed by atoms with Crippen molar-refractivity contribution in [1.29, 1.82) is 0 Å². The van der Waals surface area contributed by atoms with Crippen LogP contribution >= 0.6 is 0 Å². The first-order chi connectivity index (χ1) is 12.2. The Labute approximate surface area is 152 Å². The zero-order chi connectivity index (χ0) is 19.3. The van der Waals surface area contributed by atoms with Crippen molar-refractivity contribution in [2.24, 2.45) is 21.7 Å². The van der Waals surface area contributed by atoms with E-state index in [4.69, 9.17) is 20.4 Å². The summed E-state index contributed by atoms with van der Waals surface area (Å²) in [6, 6.07) is 9.75. The van der Waals surface area contributed by atoms with E-state index < -0.39 is 10.1 Å². The maximum Gasteiger partial charge on any atom is 0.339 e. The van der Waals surface area contributed by atoms with Crippen LogP contribution in [-0.2, 0) is 10.1 Å². The molecule has 0 radical (unpaired) electrons. The van der Waals surface area contributed by atoms with Gasteiger partial charge in [0.15, 0.2) is 11.5 Å². The monoisotopic (exact) mass is 376 g/mol. The summed E-state index contributed by atoms with van der Waals surface area (Å²) in [6.07, 6.45) is 1.39. The number of hydrogen-bond donors (Lipinski definition) is 2. The molecule has 8 nitrogen and oxygen atoms in total. The summed E-state index contributed by atoms with van der Waals surface area (Å²) in [5.41, 5.74) is 12.4. The van der Waals surface area contributed by atoms with Gasteiger partial charge in [-0.25, -0.2) is 0 Å². The van der Waals surface area contributed by atoms with E-state index in [0.29, 0.717) is 11.1 Å². The molecule has 0 bridgehead atoms. The molecular weight excluding hydrogens is 356 g/mol. The largest absolute Gasteiger partial charge is 0.493 e. The van der Waals surface area contributed by atoms with E-state index in [1.54, 1.807) is 31.2 Å². The van der Waals surface area contributed by atoms with E-state index in [9.17, 15) is 8.42 Å². The Balaban J connectivity index is 2.35. The van der Waals surface area contributed by atoms with Gasteiger partial charge in [-0.3, -0.25) is 0 Å². The van der Waals surface area contributed by atoms with Crippen LogP contribution in [0.5, 0.6) is 11.5 Å². The molecule has 26 heavy (non-hydrogen) atoms. The van der Waals surface area contributed by atoms with Gasteiger partial charge < -0.3 is 20.4 Å². The number of nitrogens with two attached hydrogens (primary N) is 2. The molecule has 0 aromatic heterocycles. The van der Waals surface area contributed by atoms with Crippen LogP contribution < -0.4 is 20.4 Å². The van der Waals surface area contributed by atoms with Gasteiger partial charge in [0.05, 0.1) is 13.3 Å². The molecule has 2 aromatic rings. The molecule has 0 aliphatic carbocycles. The first-order valence-electron chi connectivity index (χ1n) is 7.54. The molecule has 0 saturated carbocycles. The smallest absolute Gasteiger partial charge is 0.339 e. The fraction of sp³-hybridized carbons (Fsp3) is 0.176. The van der Waals surface area contributed by atoms with Crippen molar-refractivity contribution in [3.63, 3.8) is 0 Å². The Morgan fingerprint density at radius 2 is 1.81 bits per heavy atom. The summed E-state index contributed by atoms with van der Waals surface area (Å²) in [6.45, 7) is 3.51. The van der Waals surface area contributed by atoms with Gasteiger partial charge >= 0.3 is 10.1 Å². The third kappa shape index (κ3) is 4.73. The van der Waals surface area contributed by atoms with E-state index in [1.807, 2.05) is 13.0 Å². The van der Waals surface area contributed by atoms with Crippen LogP contribution in [-0.4, -0.2) is 27.7 Å². The standard InChI is InChI=1S/C17H20N4O4S/c1-11-4-5-12(2)16(8-11)26(22,23)25-14-7-6-13(9-15(14)24-3)10-20-21-17(18)19/h4-10H,1-3H3,(H4,18,19,21)/b20-10-. The normalized spacial score (nSPS) is 11.3. The molecule has 0 fully saturated rings. The topological polar surface area (TPSA) is 129 Å². The number of hydrogen-bond acceptors (Lipinski definition) is 6. The minimum Gasteiger partial charge on any atom is -0.493 e. The highest BCUT2D eigenvalue weighted by molar-refractivity contribution is 7.87. The van der Waals surface area contributed by atoms with Crippen molar-refractivity contribution in [3.8, 4) is 11.5 Å². The van der Waals surface area contributed by atoms with Crippen LogP contribution in [0.15, 0.2) is 51.5 Å². The van der Waals surface area contributed by atoms with Gasteiger partial charge in [-0.1, -0.05) is 12.1 Å². The molecule has 0 unspecified atom stereocenters. The van der Waals surface area contributed by atoms with E-state index in [1.165, 1.54) is 19.4 Å². The number of guanidine groups is 1. The van der Waals surface area contributed by atoms with Crippen molar-refractivity contribution in [3.05, 3.63) is 53.1 Å². The van der Waals surface area contributed by atoms with E-state index in [-0.39, 0.29) is 22.4 Å². The van der Waals surface area contributed by atoms with E-state index >= 15 is 0 Å². The number of nitrogens with zero attached hydrogens (tertiary/aromatic N) is 2. The van der Waals surface area contributed by atoms with Crippen LogP contribution in [0.3, 0.4) is 0 Å². The highest BCUT2D eigenvalue weighted by atomic mass is 32.2. The maximum absolute atomic E-state index is 12.6. The van der Waals surface area contributed by atoms with Crippen LogP contribution in [0.4, 0.5) is 0 Å². The second-order valence-electron chi connectivity index (χ2n) is 5.49. The minimum absolute atomic E-state index is 0.0624. The van der Waals surface area contributed by atoms with Crippen molar-refractivity contribution >= 4 is 22.3 Å². The van der Waals surface area contributed by atoms with Gasteiger partial charge in [-0.05, 0) is 54.8 Å². The molecule has 2 aromatic carbocycles. The summed E-state index contributed by atoms with van der Waals surface area (Å²) >= 11 is 0. The van der Waals surface area contributed by atoms with Crippen molar-refractivity contribution in [1.82, 2.24) is 0 Å². The molecule has 2 rings (SSSR count). The van der Waals surface area contributed by atoms with Gasteiger partial charge in [0.25, 0.3) is 0 Å². The van der Waals surface area contributed by atoms with Gasteiger partial charge in [0.1, 0.15) is 4.90 Å². The number of rotatable bonds is 6. The predicted molar refractivity (Wildman–Crippen MR) is 100 cm³/mol. The molecule has 0 heterocycles. The molecule has 138 valence electrons. The first-order valence-corrected chi connectivity index (χ1v) is 8.95. The van der Waals surface area contributed by atoms with Gasteiger partial charge in [-0.15, -0.1) is 5.10 Å². The number of aryl methyl sites for hydroxylation is 2. The number of methoxy groups -OCH3 is 1. The maximum atomic E-state index is 12.6. The molecule has 0 atom stereocenters. The zero-order valence-electron chi connectivity index (χ0n) is 14.6. The lowest BCUT2D eigenvalue weighted by Crippen LogP contribution is -2.21. The van der Waals surface area contributed by atoms with Gasteiger partial charge in [-0.2, -0.15) is 13.5 Å². The van der Waals surface area contributed by atoms with Crippen LogP contribution in [0.2, 0.25) is 0 Å². The molecular formula is C17H20N4O4S. The molecule has 0 amide bonds. The SMILES string of the molecule is COc1cc(/C=N\N=C(N)N)ccc1OS(=O)(=O)c1cc(C)ccc1C. The minimum atomic E-state index is -4.01. The second kappa shape index (κ2) is 7.87. The first kappa shape index (κ1) is 19.3. The zero-order valence-corrected chi connectivity index (χ0v) is 15.4. The van der Waals surface area contributed by atoms with Crippen molar-refractivity contribution in [2.75, 3.05) is 7.11 Å². The Kier molecular flexibility index (Phi) is 5.83. The highest BCUT2D eigenvalue weighted by Gasteiger charge is 2.21. The summed E-state index contributed by atoms with van der Waals surface area (Å²) in [4.78, 5) is 0.109. The molecule has 9 heteroatoms. The fourth-order valence-corrected chi connectivity index (χ4v) is 3.39. The Hall–Kier alpha value is -3.07. The summed E-state index contributed by atoms with van der Waals surface area (Å²) in [7, 11) is -2.60.